The number of hydrogen-bond acceptors (Lipinski definition) is 4. The highest BCUT2D eigenvalue weighted by Gasteiger charge is 2.29. The second-order valence-corrected chi connectivity index (χ2v) is 9.90. The van der Waals surface area contributed by atoms with Gasteiger partial charge in [-0.15, -0.1) is 0 Å². The van der Waals surface area contributed by atoms with Gasteiger partial charge in [0.05, 0.1) is 16.4 Å². The molecule has 21 heavy (non-hydrogen) atoms. The first-order chi connectivity index (χ1) is 9.86. The third-order valence-corrected chi connectivity index (χ3v) is 7.53. The standard InChI is InChI=1S/C14H19NO4S2/c16-20(17)7-6-11(10-20)9-15-21(18,19)14-5-4-12-2-1-3-13(12)8-14/h4-5,8,11,15H,1-3,6-7,9-10H2/t11-/m0/s1. The molecule has 0 bridgehead atoms. The molecule has 5 nitrogen and oxygen atoms in total. The molecule has 1 atom stereocenters. The van der Waals surface area contributed by atoms with Gasteiger partial charge in [-0.2, -0.15) is 0 Å². The van der Waals surface area contributed by atoms with Crippen molar-refractivity contribution in [2.24, 2.45) is 5.92 Å². The summed E-state index contributed by atoms with van der Waals surface area (Å²) in [6, 6.07) is 5.27. The van der Waals surface area contributed by atoms with Gasteiger partial charge in [0, 0.05) is 6.54 Å². The zero-order valence-corrected chi connectivity index (χ0v) is 13.3. The predicted molar refractivity (Wildman–Crippen MR) is 80.4 cm³/mol. The lowest BCUT2D eigenvalue weighted by molar-refractivity contribution is 0.543. The molecule has 0 aromatic heterocycles. The van der Waals surface area contributed by atoms with Gasteiger partial charge in [0.1, 0.15) is 0 Å². The monoisotopic (exact) mass is 329 g/mol. The Bertz CT molecular complexity index is 753. The van der Waals surface area contributed by atoms with Crippen LogP contribution in [-0.2, 0) is 32.7 Å². The van der Waals surface area contributed by atoms with Gasteiger partial charge in [0.25, 0.3) is 0 Å². The quantitative estimate of drug-likeness (QED) is 0.889. The Morgan fingerprint density at radius 3 is 2.67 bits per heavy atom. The van der Waals surface area contributed by atoms with E-state index in [1.807, 2.05) is 6.07 Å². The molecule has 116 valence electrons. The minimum atomic E-state index is -3.55. The predicted octanol–water partition coefficient (Wildman–Crippen LogP) is 0.888. The number of nitrogens with one attached hydrogen (secondary N) is 1. The zero-order valence-electron chi connectivity index (χ0n) is 11.7. The summed E-state index contributed by atoms with van der Waals surface area (Å²) in [5, 5.41) is 0. The van der Waals surface area contributed by atoms with Crippen molar-refractivity contribution >= 4 is 19.9 Å². The molecule has 0 amide bonds. The van der Waals surface area contributed by atoms with E-state index in [9.17, 15) is 16.8 Å². The highest BCUT2D eigenvalue weighted by atomic mass is 32.2. The first-order valence-electron chi connectivity index (χ1n) is 7.18. The lowest BCUT2D eigenvalue weighted by Gasteiger charge is -2.11. The molecule has 1 aromatic carbocycles. The van der Waals surface area contributed by atoms with Crippen molar-refractivity contribution in [2.75, 3.05) is 18.1 Å². The molecule has 0 unspecified atom stereocenters. The average Bonchev–Trinajstić information content (AvgIpc) is 3.01. The van der Waals surface area contributed by atoms with Crippen molar-refractivity contribution < 1.29 is 16.8 Å². The van der Waals surface area contributed by atoms with Crippen molar-refractivity contribution in [1.29, 1.82) is 0 Å². The van der Waals surface area contributed by atoms with Gasteiger partial charge in [-0.1, -0.05) is 6.07 Å². The van der Waals surface area contributed by atoms with Crippen molar-refractivity contribution in [2.45, 2.75) is 30.6 Å². The number of fused-ring (bicyclic) bond motifs is 1. The largest absolute Gasteiger partial charge is 0.240 e. The van der Waals surface area contributed by atoms with Gasteiger partial charge in [-0.05, 0) is 54.9 Å². The van der Waals surface area contributed by atoms with Crippen LogP contribution in [0.5, 0.6) is 0 Å². The second kappa shape index (κ2) is 5.37. The number of hydrogen-bond donors (Lipinski definition) is 1. The number of rotatable bonds is 4. The molecule has 1 aliphatic heterocycles. The molecular weight excluding hydrogens is 310 g/mol. The van der Waals surface area contributed by atoms with Crippen LogP contribution in [0.3, 0.4) is 0 Å². The maximum atomic E-state index is 12.3. The van der Waals surface area contributed by atoms with E-state index >= 15 is 0 Å². The zero-order chi connectivity index (χ0) is 15.1. The first kappa shape index (κ1) is 15.0. The number of aryl methyl sites for hydroxylation is 2. The molecule has 7 heteroatoms. The molecule has 1 aliphatic carbocycles. The third-order valence-electron chi connectivity index (χ3n) is 4.27. The van der Waals surface area contributed by atoms with E-state index in [-0.39, 0.29) is 28.9 Å². The van der Waals surface area contributed by atoms with Crippen molar-refractivity contribution in [3.8, 4) is 0 Å². The minimum absolute atomic E-state index is 0.0830. The van der Waals surface area contributed by atoms with Crippen LogP contribution in [0.4, 0.5) is 0 Å². The summed E-state index contributed by atoms with van der Waals surface area (Å²) in [7, 11) is -6.52. The maximum absolute atomic E-state index is 12.3. The number of sulfone groups is 1. The molecule has 0 saturated carbocycles. The normalized spacial score (nSPS) is 24.1. The van der Waals surface area contributed by atoms with E-state index in [4.69, 9.17) is 0 Å². The van der Waals surface area contributed by atoms with E-state index < -0.39 is 19.9 Å². The maximum Gasteiger partial charge on any atom is 0.240 e. The summed E-state index contributed by atoms with van der Waals surface area (Å²) >= 11 is 0. The second-order valence-electron chi connectivity index (χ2n) is 5.91. The molecule has 1 aromatic rings. The summed E-state index contributed by atoms with van der Waals surface area (Å²) in [6.45, 7) is 0.193. The van der Waals surface area contributed by atoms with Crippen LogP contribution in [0.25, 0.3) is 0 Å². The summed E-state index contributed by atoms with van der Waals surface area (Å²) in [5.74, 6) is 0.136. The van der Waals surface area contributed by atoms with E-state index in [1.165, 1.54) is 5.56 Å². The molecule has 1 N–H and O–H groups in total. The summed E-state index contributed by atoms with van der Waals surface area (Å²) in [5.41, 5.74) is 2.34. The van der Waals surface area contributed by atoms with Gasteiger partial charge < -0.3 is 0 Å². The Kier molecular flexibility index (Phi) is 3.83. The molecule has 1 heterocycles. The Hall–Kier alpha value is -0.920. The van der Waals surface area contributed by atoms with Crippen molar-refractivity contribution in [1.82, 2.24) is 4.72 Å². The Labute approximate surface area is 125 Å². The fourth-order valence-electron chi connectivity index (χ4n) is 3.06. The Morgan fingerprint density at radius 2 is 1.95 bits per heavy atom. The molecule has 2 aliphatic rings. The summed E-state index contributed by atoms with van der Waals surface area (Å²) in [4.78, 5) is 0.281. The van der Waals surface area contributed by atoms with Crippen LogP contribution in [-0.4, -0.2) is 34.9 Å². The van der Waals surface area contributed by atoms with Crippen LogP contribution < -0.4 is 4.72 Å². The van der Waals surface area contributed by atoms with E-state index in [2.05, 4.69) is 4.72 Å². The average molecular weight is 329 g/mol. The molecule has 0 radical (unpaired) electrons. The molecule has 1 fully saturated rings. The van der Waals surface area contributed by atoms with Crippen molar-refractivity contribution in [3.63, 3.8) is 0 Å². The van der Waals surface area contributed by atoms with Gasteiger partial charge in [-0.25, -0.2) is 21.6 Å². The molecule has 1 saturated heterocycles. The van der Waals surface area contributed by atoms with Gasteiger partial charge in [0.15, 0.2) is 9.84 Å². The Morgan fingerprint density at radius 1 is 1.19 bits per heavy atom. The van der Waals surface area contributed by atoms with Gasteiger partial charge >= 0.3 is 0 Å². The lowest BCUT2D eigenvalue weighted by Crippen LogP contribution is -2.30. The SMILES string of the molecule is O=S1(=O)CC[C@@H](CNS(=O)(=O)c2ccc3c(c2)CCC3)C1. The van der Waals surface area contributed by atoms with E-state index in [1.54, 1.807) is 12.1 Å². The van der Waals surface area contributed by atoms with E-state index in [0.717, 1.165) is 24.8 Å². The smallest absolute Gasteiger partial charge is 0.229 e. The fraction of sp³-hybridized carbons (Fsp3) is 0.571. The number of benzene rings is 1. The summed E-state index contributed by atoms with van der Waals surface area (Å²) < 4.78 is 49.9. The van der Waals surface area contributed by atoms with Crippen LogP contribution >= 0.6 is 0 Å². The molecule has 0 spiro atoms. The van der Waals surface area contributed by atoms with Gasteiger partial charge in [-0.3, -0.25) is 0 Å². The lowest BCUT2D eigenvalue weighted by atomic mass is 10.1. The van der Waals surface area contributed by atoms with Crippen LogP contribution in [0.1, 0.15) is 24.0 Å². The summed E-state index contributed by atoms with van der Waals surface area (Å²) in [6.07, 6.45) is 3.56. The highest BCUT2D eigenvalue weighted by molar-refractivity contribution is 7.91. The minimum Gasteiger partial charge on any atom is -0.229 e. The van der Waals surface area contributed by atoms with Crippen LogP contribution in [0.15, 0.2) is 23.1 Å². The molecular formula is C14H19NO4S2. The van der Waals surface area contributed by atoms with Gasteiger partial charge in [0.2, 0.25) is 10.0 Å². The van der Waals surface area contributed by atoms with E-state index in [0.29, 0.717) is 6.42 Å². The van der Waals surface area contributed by atoms with Crippen LogP contribution in [0, 0.1) is 5.92 Å². The topological polar surface area (TPSA) is 80.3 Å². The highest BCUT2D eigenvalue weighted by Crippen LogP contribution is 2.25. The number of sulfonamides is 1. The first-order valence-corrected chi connectivity index (χ1v) is 10.5. The van der Waals surface area contributed by atoms with Crippen molar-refractivity contribution in [3.05, 3.63) is 29.3 Å². The molecule has 3 rings (SSSR count). The van der Waals surface area contributed by atoms with Crippen LogP contribution in [0.2, 0.25) is 0 Å². The third kappa shape index (κ3) is 3.30. The Balaban J connectivity index is 1.70. The fourth-order valence-corrected chi connectivity index (χ4v) is 6.09.